The number of hydrogen-bond donors (Lipinski definition) is 1. The topological polar surface area (TPSA) is 76.3 Å². The van der Waals surface area contributed by atoms with Crippen LogP contribution in [-0.4, -0.2) is 41.4 Å². The number of aromatic nitrogens is 3. The van der Waals surface area contributed by atoms with Gasteiger partial charge in [-0.1, -0.05) is 35.5 Å². The molecular formula is C18H19N5O2. The molecule has 1 N–H and O–H groups in total. The van der Waals surface area contributed by atoms with E-state index in [0.717, 1.165) is 30.1 Å². The van der Waals surface area contributed by atoms with Gasteiger partial charge in [0.05, 0.1) is 18.9 Å². The largest absolute Gasteiger partial charge is 0.378 e. The monoisotopic (exact) mass is 337 g/mol. The van der Waals surface area contributed by atoms with Crippen molar-refractivity contribution in [3.8, 4) is 11.3 Å². The minimum absolute atomic E-state index is 0.628. The smallest absolute Gasteiger partial charge is 0.228 e. The molecule has 0 aliphatic carbocycles. The molecule has 7 nitrogen and oxygen atoms in total. The second kappa shape index (κ2) is 6.90. The summed E-state index contributed by atoms with van der Waals surface area (Å²) in [5.74, 6) is 2.74. The van der Waals surface area contributed by atoms with E-state index in [-0.39, 0.29) is 0 Å². The lowest BCUT2D eigenvalue weighted by molar-refractivity contribution is 0.122. The van der Waals surface area contributed by atoms with Gasteiger partial charge in [-0.15, -0.1) is 0 Å². The van der Waals surface area contributed by atoms with Crippen molar-refractivity contribution in [2.75, 3.05) is 36.5 Å². The lowest BCUT2D eigenvalue weighted by Crippen LogP contribution is -2.37. The van der Waals surface area contributed by atoms with E-state index < -0.39 is 0 Å². The van der Waals surface area contributed by atoms with Crippen LogP contribution >= 0.6 is 0 Å². The van der Waals surface area contributed by atoms with E-state index in [1.807, 2.05) is 49.4 Å². The summed E-state index contributed by atoms with van der Waals surface area (Å²) in [6.07, 6.45) is 0. The molecule has 7 heteroatoms. The van der Waals surface area contributed by atoms with Gasteiger partial charge in [0.1, 0.15) is 11.6 Å². The average Bonchev–Trinajstić information content (AvgIpc) is 3.07. The molecule has 128 valence electrons. The minimum atomic E-state index is 0.628. The lowest BCUT2D eigenvalue weighted by Gasteiger charge is -2.27. The van der Waals surface area contributed by atoms with E-state index in [2.05, 4.69) is 20.4 Å². The lowest BCUT2D eigenvalue weighted by atomic mass is 10.1. The third-order valence-electron chi connectivity index (χ3n) is 3.96. The molecule has 4 rings (SSSR count). The summed E-state index contributed by atoms with van der Waals surface area (Å²) in [6.45, 7) is 4.78. The first-order chi connectivity index (χ1) is 12.3. The van der Waals surface area contributed by atoms with Gasteiger partial charge >= 0.3 is 0 Å². The van der Waals surface area contributed by atoms with Gasteiger partial charge in [-0.05, 0) is 6.92 Å². The van der Waals surface area contributed by atoms with Gasteiger partial charge in [-0.3, -0.25) is 0 Å². The summed E-state index contributed by atoms with van der Waals surface area (Å²) in [4.78, 5) is 11.5. The molecular weight excluding hydrogens is 318 g/mol. The van der Waals surface area contributed by atoms with Gasteiger partial charge in [0.15, 0.2) is 5.82 Å². The van der Waals surface area contributed by atoms with Crippen LogP contribution in [0.4, 0.5) is 17.6 Å². The number of nitrogens with one attached hydrogen (secondary N) is 1. The van der Waals surface area contributed by atoms with E-state index >= 15 is 0 Å². The van der Waals surface area contributed by atoms with Crippen LogP contribution in [0.2, 0.25) is 0 Å². The number of rotatable bonds is 4. The fourth-order valence-electron chi connectivity index (χ4n) is 2.72. The van der Waals surface area contributed by atoms with Gasteiger partial charge in [-0.2, -0.15) is 4.98 Å². The van der Waals surface area contributed by atoms with Gasteiger partial charge in [-0.25, -0.2) is 4.98 Å². The van der Waals surface area contributed by atoms with Crippen molar-refractivity contribution in [3.05, 3.63) is 48.2 Å². The Morgan fingerprint density at radius 1 is 1.00 bits per heavy atom. The van der Waals surface area contributed by atoms with E-state index in [9.17, 15) is 0 Å². The first-order valence-electron chi connectivity index (χ1n) is 8.25. The van der Waals surface area contributed by atoms with Crippen LogP contribution in [-0.2, 0) is 4.74 Å². The second-order valence-electron chi connectivity index (χ2n) is 5.85. The highest BCUT2D eigenvalue weighted by molar-refractivity contribution is 5.66. The molecule has 25 heavy (non-hydrogen) atoms. The van der Waals surface area contributed by atoms with Crippen LogP contribution in [0, 0.1) is 6.92 Å². The van der Waals surface area contributed by atoms with Crippen LogP contribution in [0.15, 0.2) is 47.0 Å². The SMILES string of the molecule is Cc1cc(Nc2cc(-c3ccccc3)nc(N3CCOCC3)n2)no1. The quantitative estimate of drug-likeness (QED) is 0.784. The molecule has 1 aliphatic rings. The van der Waals surface area contributed by atoms with E-state index in [4.69, 9.17) is 14.2 Å². The van der Waals surface area contributed by atoms with E-state index in [0.29, 0.717) is 30.8 Å². The Morgan fingerprint density at radius 3 is 2.52 bits per heavy atom. The summed E-state index contributed by atoms with van der Waals surface area (Å²) >= 11 is 0. The predicted octanol–water partition coefficient (Wildman–Crippen LogP) is 3.02. The molecule has 1 fully saturated rings. The van der Waals surface area contributed by atoms with Crippen molar-refractivity contribution in [3.63, 3.8) is 0 Å². The molecule has 2 aromatic heterocycles. The summed E-state index contributed by atoms with van der Waals surface area (Å²) < 4.78 is 10.5. The van der Waals surface area contributed by atoms with Gasteiger partial charge < -0.3 is 19.5 Å². The maximum Gasteiger partial charge on any atom is 0.228 e. The average molecular weight is 337 g/mol. The number of ether oxygens (including phenoxy) is 1. The standard InChI is InChI=1S/C18H19N5O2/c1-13-11-17(22-25-13)20-16-12-15(14-5-3-2-4-6-14)19-18(21-16)23-7-9-24-10-8-23/h2-6,11-12H,7-10H2,1H3,(H,19,20,21,22). The summed E-state index contributed by atoms with van der Waals surface area (Å²) in [5.41, 5.74) is 1.90. The summed E-state index contributed by atoms with van der Waals surface area (Å²) in [7, 11) is 0. The van der Waals surface area contributed by atoms with Crippen LogP contribution in [0.1, 0.15) is 5.76 Å². The van der Waals surface area contributed by atoms with Gasteiger partial charge in [0.25, 0.3) is 0 Å². The molecule has 0 saturated carbocycles. The number of morpholine rings is 1. The van der Waals surface area contributed by atoms with Crippen LogP contribution in [0.25, 0.3) is 11.3 Å². The highest BCUT2D eigenvalue weighted by Gasteiger charge is 2.16. The molecule has 0 spiro atoms. The Balaban J connectivity index is 1.71. The van der Waals surface area contributed by atoms with Crippen LogP contribution < -0.4 is 10.2 Å². The molecule has 0 unspecified atom stereocenters. The second-order valence-corrected chi connectivity index (χ2v) is 5.85. The first-order valence-corrected chi connectivity index (χ1v) is 8.25. The number of anilines is 3. The number of hydrogen-bond acceptors (Lipinski definition) is 7. The summed E-state index contributed by atoms with van der Waals surface area (Å²) in [5, 5.41) is 7.18. The Morgan fingerprint density at radius 2 is 1.80 bits per heavy atom. The van der Waals surface area contributed by atoms with Crippen molar-refractivity contribution in [2.45, 2.75) is 6.92 Å². The molecule has 3 aromatic rings. The molecule has 0 bridgehead atoms. The highest BCUT2D eigenvalue weighted by atomic mass is 16.5. The minimum Gasteiger partial charge on any atom is -0.378 e. The van der Waals surface area contributed by atoms with Crippen molar-refractivity contribution in [2.24, 2.45) is 0 Å². The van der Waals surface area contributed by atoms with Gasteiger partial charge in [0.2, 0.25) is 5.95 Å². The maximum absolute atomic E-state index is 5.43. The Hall–Kier alpha value is -2.93. The molecule has 0 amide bonds. The van der Waals surface area contributed by atoms with Crippen molar-refractivity contribution < 1.29 is 9.26 Å². The Labute approximate surface area is 145 Å². The zero-order valence-electron chi connectivity index (χ0n) is 14.0. The van der Waals surface area contributed by atoms with Crippen molar-refractivity contribution in [1.82, 2.24) is 15.1 Å². The molecule has 1 saturated heterocycles. The number of nitrogens with zero attached hydrogens (tertiary/aromatic N) is 4. The van der Waals surface area contributed by atoms with E-state index in [1.54, 1.807) is 0 Å². The molecule has 1 aromatic carbocycles. The van der Waals surface area contributed by atoms with Crippen LogP contribution in [0.5, 0.6) is 0 Å². The van der Waals surface area contributed by atoms with Gasteiger partial charge in [0, 0.05) is 30.8 Å². The van der Waals surface area contributed by atoms with Crippen molar-refractivity contribution >= 4 is 17.6 Å². The number of benzene rings is 1. The Bertz CT molecular complexity index is 844. The maximum atomic E-state index is 5.43. The molecule has 1 aliphatic heterocycles. The zero-order valence-corrected chi connectivity index (χ0v) is 14.0. The third kappa shape index (κ3) is 3.61. The first kappa shape index (κ1) is 15.6. The molecule has 0 atom stereocenters. The molecule has 0 radical (unpaired) electrons. The normalized spacial score (nSPS) is 14.5. The molecule has 3 heterocycles. The van der Waals surface area contributed by atoms with Crippen LogP contribution in [0.3, 0.4) is 0 Å². The highest BCUT2D eigenvalue weighted by Crippen LogP contribution is 2.25. The number of aryl methyl sites for hydroxylation is 1. The third-order valence-corrected chi connectivity index (χ3v) is 3.96. The Kier molecular flexibility index (Phi) is 4.30. The van der Waals surface area contributed by atoms with E-state index in [1.165, 1.54) is 0 Å². The summed E-state index contributed by atoms with van der Waals surface area (Å²) in [6, 6.07) is 13.8. The fraction of sp³-hybridized carbons (Fsp3) is 0.278. The fourth-order valence-corrected chi connectivity index (χ4v) is 2.72. The predicted molar refractivity (Wildman–Crippen MR) is 95.0 cm³/mol. The zero-order chi connectivity index (χ0) is 17.1. The van der Waals surface area contributed by atoms with Crippen molar-refractivity contribution in [1.29, 1.82) is 0 Å².